The Morgan fingerprint density at radius 2 is 0.186 bits per heavy atom. The summed E-state index contributed by atoms with van der Waals surface area (Å²) in [6.07, 6.45) is 4.19. The van der Waals surface area contributed by atoms with Crippen LogP contribution in [0.3, 0.4) is 0 Å². The molecule has 0 saturated heterocycles. The Morgan fingerprint density at radius 3 is 0.255 bits per heavy atom. The minimum absolute atomic E-state index is 0.504. The predicted molar refractivity (Wildman–Crippen MR) is 376 cm³/mol. The molecular weight excluding hydrogens is 1360 g/mol. The zero-order valence-corrected chi connectivity index (χ0v) is 62.8. The van der Waals surface area contributed by atoms with Crippen LogP contribution < -0.4 is 0 Å². The van der Waals surface area contributed by atoms with E-state index in [9.17, 15) is 0 Å². The van der Waals surface area contributed by atoms with Crippen LogP contribution in [0.4, 0.5) is 0 Å². The average molecular weight is 1500 g/mol. The lowest BCUT2D eigenvalue weighted by atomic mass is 10.6. The van der Waals surface area contributed by atoms with Crippen molar-refractivity contribution in [3.8, 4) is 0 Å². The molecule has 102 heavy (non-hydrogen) atoms. The summed E-state index contributed by atoms with van der Waals surface area (Å²) in [6, 6.07) is 0. The van der Waals surface area contributed by atoms with Crippen LogP contribution in [0.25, 0.3) is 0 Å². The van der Waals surface area contributed by atoms with Gasteiger partial charge in [0.2, 0.25) is 0 Å². The second-order valence-corrected chi connectivity index (χ2v) is 19.6. The van der Waals surface area contributed by atoms with Crippen LogP contribution in [0.1, 0.15) is 0 Å². The van der Waals surface area contributed by atoms with Gasteiger partial charge in [0.25, 0.3) is 0 Å². The summed E-state index contributed by atoms with van der Waals surface area (Å²) in [5, 5.41) is 0. The molecule has 0 bridgehead atoms. The molecule has 0 aliphatic heterocycles. The van der Waals surface area contributed by atoms with Crippen molar-refractivity contribution >= 4 is 0 Å². The van der Waals surface area contributed by atoms with Crippen LogP contribution in [-0.4, -0.2) is 418 Å². The summed E-state index contributed by atoms with van der Waals surface area (Å²) < 4.78 is 175. The fourth-order valence-electron chi connectivity index (χ4n) is 6.58. The van der Waals surface area contributed by atoms with E-state index in [2.05, 4.69) is 19.7 Å². The van der Waals surface area contributed by atoms with Crippen molar-refractivity contribution in [3.63, 3.8) is 0 Å². The molecule has 0 N–H and O–H groups in total. The van der Waals surface area contributed by atoms with Crippen LogP contribution in [0.2, 0.25) is 0 Å². The van der Waals surface area contributed by atoms with E-state index >= 15 is 0 Å². The van der Waals surface area contributed by atoms with Crippen molar-refractivity contribution in [2.45, 2.75) is 0 Å². The summed E-state index contributed by atoms with van der Waals surface area (Å²) >= 11 is 0. The summed E-state index contributed by atoms with van der Waals surface area (Å²) in [5.74, 6) is 0. The number of ether oxygens (including phenoxy) is 33. The first-order valence-corrected chi connectivity index (χ1v) is 35.5. The minimum Gasteiger partial charge on any atom is -0.499 e. The van der Waals surface area contributed by atoms with Gasteiger partial charge in [0.15, 0.2) is 0 Å². The van der Waals surface area contributed by atoms with Gasteiger partial charge in [-0.3, -0.25) is 0 Å². The van der Waals surface area contributed by atoms with Crippen LogP contribution in [-0.2, 0) is 156 Å². The van der Waals surface area contributed by atoms with E-state index in [0.717, 1.165) is 0 Å². The molecular formula is C69H138O33. The Bertz CT molecular complexity index is 1450. The monoisotopic (exact) mass is 1490 g/mol. The molecule has 0 aromatic heterocycles. The molecule has 33 nitrogen and oxygen atoms in total. The van der Waals surface area contributed by atoms with Crippen LogP contribution in [0, 0.1) is 0 Å². The third-order valence-electron chi connectivity index (χ3n) is 11.6. The van der Waals surface area contributed by atoms with E-state index in [1.807, 2.05) is 0 Å². The topological polar surface area (TPSA) is 305 Å². The quantitative estimate of drug-likeness (QED) is 0.0624. The lowest BCUT2D eigenvalue weighted by Crippen LogP contribution is -2.15. The van der Waals surface area contributed by atoms with E-state index in [1.165, 1.54) is 18.8 Å². The van der Waals surface area contributed by atoms with Crippen LogP contribution >= 0.6 is 0 Å². The molecule has 0 amide bonds. The molecule has 0 fully saturated rings. The smallest absolute Gasteiger partial charge is 0.111 e. The number of hydrogen-bond acceptors (Lipinski definition) is 33. The largest absolute Gasteiger partial charge is 0.499 e. The summed E-state index contributed by atoms with van der Waals surface area (Å²) in [7, 11) is 4.94. The van der Waals surface area contributed by atoms with Gasteiger partial charge in [-0.15, -0.1) is 0 Å². The number of methoxy groups -OCH3 is 3. The van der Waals surface area contributed by atoms with Gasteiger partial charge in [0.1, 0.15) is 19.8 Å². The van der Waals surface area contributed by atoms with E-state index in [-0.39, 0.29) is 0 Å². The Hall–Kier alpha value is -2.58. The highest BCUT2D eigenvalue weighted by atomic mass is 16.6. The molecule has 0 aromatic rings. The Morgan fingerprint density at radius 1 is 0.118 bits per heavy atom. The molecule has 0 spiro atoms. The normalized spacial score (nSPS) is 11.2. The van der Waals surface area contributed by atoms with Crippen molar-refractivity contribution in [2.75, 3.05) is 418 Å². The third kappa shape index (κ3) is 111. The molecule has 0 saturated carbocycles. The molecule has 0 aliphatic rings. The second kappa shape index (κ2) is 107. The molecule has 0 radical (unpaired) electrons. The molecule has 0 atom stereocenters. The van der Waals surface area contributed by atoms with Gasteiger partial charge in [-0.1, -0.05) is 19.7 Å². The minimum atomic E-state index is 0.504. The molecule has 0 rings (SSSR count). The molecule has 0 aliphatic carbocycles. The average Bonchev–Trinajstić information content (AvgIpc) is 3.71. The van der Waals surface area contributed by atoms with E-state index < -0.39 is 0 Å². The molecule has 612 valence electrons. The Balaban J connectivity index is -0.00000145. The van der Waals surface area contributed by atoms with E-state index in [4.69, 9.17) is 156 Å². The zero-order chi connectivity index (χ0) is 73.9. The van der Waals surface area contributed by atoms with Gasteiger partial charge in [-0.05, 0) is 0 Å². The number of hydrogen-bond donors (Lipinski definition) is 0. The van der Waals surface area contributed by atoms with Gasteiger partial charge in [-0.25, -0.2) is 0 Å². The predicted octanol–water partition coefficient (Wildman–Crippen LogP) is 2.83. The lowest BCUT2D eigenvalue weighted by Gasteiger charge is -2.09. The molecule has 0 aromatic carbocycles. The maximum Gasteiger partial charge on any atom is 0.111 e. The van der Waals surface area contributed by atoms with Crippen molar-refractivity contribution in [3.05, 3.63) is 38.5 Å². The molecule has 0 unspecified atom stereocenters. The summed E-state index contributed by atoms with van der Waals surface area (Å²) in [4.78, 5) is 0. The molecule has 33 heteroatoms. The first kappa shape index (κ1) is 104. The SMILES string of the molecule is C=COCCOCCOCCOCCOCCOCCOCCOCCOCCOC.C=COCCOCCOCCOCCOCCOCCOCCOCCOCCOCCOC.C=COCCOCCOCCOCCOCCOCCOCCOCCOCCOCCOCCOC. The van der Waals surface area contributed by atoms with E-state index in [1.54, 1.807) is 21.3 Å². The molecule has 0 heterocycles. The van der Waals surface area contributed by atoms with Crippen molar-refractivity contribution in [1.82, 2.24) is 0 Å². The highest BCUT2D eigenvalue weighted by Crippen LogP contribution is 1.93. The summed E-state index contributed by atoms with van der Waals surface area (Å²) in [5.41, 5.74) is 0. The summed E-state index contributed by atoms with van der Waals surface area (Å²) in [6.45, 7) is 42.5. The standard InChI is InChI=1S/C25H50O12.C23H46O11.C21H42O10/c1-3-27-6-7-29-10-11-31-14-15-33-18-19-35-22-23-37-25-24-36-21-20-34-17-16-32-13-12-30-9-8-28-5-4-26-2;1-3-25-6-7-27-10-11-29-14-15-31-18-19-33-22-23-34-21-20-32-17-16-30-13-12-28-9-8-26-5-4-24-2;1-3-23-6-7-25-10-11-27-14-15-29-18-19-31-21-20-30-17-16-28-13-12-26-9-8-24-5-4-22-2/h3H,1,4-25H2,2H3;3H,1,4-23H2,2H3;3H,1,4-21H2,2H3. The van der Waals surface area contributed by atoms with Crippen LogP contribution in [0.5, 0.6) is 0 Å². The van der Waals surface area contributed by atoms with Gasteiger partial charge < -0.3 is 156 Å². The van der Waals surface area contributed by atoms with E-state index in [0.29, 0.717) is 396 Å². The Kier molecular flexibility index (Phi) is 109. The first-order chi connectivity index (χ1) is 50.7. The van der Waals surface area contributed by atoms with Gasteiger partial charge >= 0.3 is 0 Å². The van der Waals surface area contributed by atoms with Crippen molar-refractivity contribution in [2.24, 2.45) is 0 Å². The van der Waals surface area contributed by atoms with Crippen molar-refractivity contribution in [1.29, 1.82) is 0 Å². The fraction of sp³-hybridized carbons (Fsp3) is 0.913. The van der Waals surface area contributed by atoms with Crippen molar-refractivity contribution < 1.29 is 156 Å². The highest BCUT2D eigenvalue weighted by Gasteiger charge is 2.01. The van der Waals surface area contributed by atoms with Gasteiger partial charge in [0.05, 0.1) is 395 Å². The fourth-order valence-corrected chi connectivity index (χ4v) is 6.58. The maximum atomic E-state index is 5.45. The second-order valence-electron chi connectivity index (χ2n) is 19.6. The third-order valence-corrected chi connectivity index (χ3v) is 11.6. The van der Waals surface area contributed by atoms with Crippen LogP contribution in [0.15, 0.2) is 38.5 Å². The van der Waals surface area contributed by atoms with Gasteiger partial charge in [-0.2, -0.15) is 0 Å². The number of rotatable bonds is 93. The first-order valence-electron chi connectivity index (χ1n) is 35.5. The maximum absolute atomic E-state index is 5.45. The lowest BCUT2D eigenvalue weighted by molar-refractivity contribution is -0.0274. The Labute approximate surface area is 610 Å². The zero-order valence-electron chi connectivity index (χ0n) is 62.8. The highest BCUT2D eigenvalue weighted by molar-refractivity contribution is 4.50. The van der Waals surface area contributed by atoms with Gasteiger partial charge in [0, 0.05) is 21.3 Å².